The number of rotatable bonds is 7. The van der Waals surface area contributed by atoms with Crippen LogP contribution < -0.4 is 4.74 Å². The number of aliphatic hydroxyl groups is 1. The maximum atomic E-state index is 14.0. The Hall–Kier alpha value is -3.19. The fraction of sp³-hybridized carbons (Fsp3) is 0.391. The summed E-state index contributed by atoms with van der Waals surface area (Å²) in [4.78, 5) is 6.02. The molecule has 4 aromatic rings. The molecule has 188 valence electrons. The summed E-state index contributed by atoms with van der Waals surface area (Å²) in [6.07, 6.45) is 2.65. The first kappa shape index (κ1) is 23.2. The second kappa shape index (κ2) is 9.04. The number of aromatic nitrogens is 6. The minimum absolute atomic E-state index is 0.235. The minimum atomic E-state index is -1.43. The molecule has 6 rings (SSSR count). The van der Waals surface area contributed by atoms with E-state index in [1.165, 1.54) is 6.20 Å². The molecule has 0 radical (unpaired) electrons. The van der Waals surface area contributed by atoms with Gasteiger partial charge in [-0.25, -0.2) is 18.0 Å². The van der Waals surface area contributed by atoms with Crippen molar-refractivity contribution in [2.75, 3.05) is 32.9 Å². The van der Waals surface area contributed by atoms with Crippen molar-refractivity contribution < 1.29 is 23.4 Å². The number of likely N-dealkylation sites (tertiary alicyclic amines) is 1. The Bertz CT molecular complexity index is 1430. The molecule has 0 bridgehead atoms. The van der Waals surface area contributed by atoms with E-state index in [1.54, 1.807) is 16.8 Å². The molecule has 2 fully saturated rings. The van der Waals surface area contributed by atoms with E-state index < -0.39 is 17.7 Å². The van der Waals surface area contributed by atoms with Crippen molar-refractivity contribution >= 4 is 17.1 Å². The molecular formula is C23H22ClF2N7O3. The van der Waals surface area contributed by atoms with Crippen molar-refractivity contribution in [3.8, 4) is 17.0 Å². The third kappa shape index (κ3) is 3.99. The SMILES string of the molecule is Cc1c(-c2cc(OCC(O)c3ncc(F)cc3F)c3c(Cl)cnn3c2)nnn1C1CN(C2COC2)C1. The average molecular weight is 518 g/mol. The number of hydrogen-bond acceptors (Lipinski definition) is 8. The van der Waals surface area contributed by atoms with Gasteiger partial charge in [0.15, 0.2) is 0 Å². The van der Waals surface area contributed by atoms with Crippen LogP contribution in [0.2, 0.25) is 5.02 Å². The van der Waals surface area contributed by atoms with E-state index in [1.807, 2.05) is 11.6 Å². The van der Waals surface area contributed by atoms with Gasteiger partial charge in [0.1, 0.15) is 47.0 Å². The number of nitrogens with zero attached hydrogens (tertiary/aromatic N) is 7. The Morgan fingerprint density at radius 3 is 2.75 bits per heavy atom. The first-order chi connectivity index (χ1) is 17.4. The Kier molecular flexibility index (Phi) is 5.83. The van der Waals surface area contributed by atoms with Crippen LogP contribution in [0, 0.1) is 18.6 Å². The van der Waals surface area contributed by atoms with Gasteiger partial charge in [0.2, 0.25) is 0 Å². The van der Waals surface area contributed by atoms with E-state index >= 15 is 0 Å². The third-order valence-corrected chi connectivity index (χ3v) is 6.93. The fourth-order valence-electron chi connectivity index (χ4n) is 4.53. The number of ether oxygens (including phenoxy) is 2. The van der Waals surface area contributed by atoms with Gasteiger partial charge in [-0.2, -0.15) is 5.10 Å². The lowest BCUT2D eigenvalue weighted by molar-refractivity contribution is -0.100. The number of hydrogen-bond donors (Lipinski definition) is 1. The summed E-state index contributed by atoms with van der Waals surface area (Å²) in [5.74, 6) is -1.48. The highest BCUT2D eigenvalue weighted by Crippen LogP contribution is 2.34. The summed E-state index contributed by atoms with van der Waals surface area (Å²) in [5.41, 5.74) is 2.40. The van der Waals surface area contributed by atoms with Gasteiger partial charge in [-0.1, -0.05) is 16.8 Å². The Morgan fingerprint density at radius 1 is 1.22 bits per heavy atom. The normalized spacial score (nSPS) is 17.8. The van der Waals surface area contributed by atoms with Crippen LogP contribution in [0.1, 0.15) is 23.5 Å². The molecule has 0 saturated carbocycles. The molecule has 1 atom stereocenters. The summed E-state index contributed by atoms with van der Waals surface area (Å²) in [6.45, 7) is 4.96. The van der Waals surface area contributed by atoms with E-state index in [-0.39, 0.29) is 18.3 Å². The van der Waals surface area contributed by atoms with Crippen molar-refractivity contribution in [3.63, 3.8) is 0 Å². The Balaban J connectivity index is 1.26. The summed E-state index contributed by atoms with van der Waals surface area (Å²) in [7, 11) is 0. The largest absolute Gasteiger partial charge is 0.488 e. The number of fused-ring (bicyclic) bond motifs is 1. The minimum Gasteiger partial charge on any atom is -0.488 e. The van der Waals surface area contributed by atoms with Crippen molar-refractivity contribution in [2.45, 2.75) is 25.1 Å². The van der Waals surface area contributed by atoms with Gasteiger partial charge in [0, 0.05) is 30.9 Å². The maximum absolute atomic E-state index is 14.0. The number of pyridine rings is 2. The Labute approximate surface area is 209 Å². The molecule has 2 saturated heterocycles. The second-order valence-electron chi connectivity index (χ2n) is 8.99. The Morgan fingerprint density at radius 2 is 2.03 bits per heavy atom. The zero-order valence-corrected chi connectivity index (χ0v) is 19.9. The van der Waals surface area contributed by atoms with Crippen molar-refractivity contribution in [2.24, 2.45) is 0 Å². The molecule has 0 amide bonds. The van der Waals surface area contributed by atoms with Crippen molar-refractivity contribution in [3.05, 3.63) is 58.8 Å². The number of aliphatic hydroxyl groups excluding tert-OH is 1. The maximum Gasteiger partial charge on any atom is 0.150 e. The first-order valence-corrected chi connectivity index (χ1v) is 11.8. The standard InChI is InChI=1S/C23H22ClF2N7O3/c1-12-21(29-30-33(12)15-7-31(8-15)16-9-35-10-16)13-2-20(23-17(24)5-28-32(23)6-13)36-11-19(34)22-18(26)3-14(25)4-27-22/h2-6,15-16,19,34H,7-11H2,1H3. The fourth-order valence-corrected chi connectivity index (χ4v) is 4.76. The van der Waals surface area contributed by atoms with E-state index in [0.29, 0.717) is 39.7 Å². The second-order valence-corrected chi connectivity index (χ2v) is 9.40. The molecule has 36 heavy (non-hydrogen) atoms. The van der Waals surface area contributed by atoms with Crippen LogP contribution >= 0.6 is 11.6 Å². The molecule has 0 aliphatic carbocycles. The van der Waals surface area contributed by atoms with Gasteiger partial charge in [-0.15, -0.1) is 5.10 Å². The van der Waals surface area contributed by atoms with E-state index in [9.17, 15) is 13.9 Å². The monoisotopic (exact) mass is 517 g/mol. The van der Waals surface area contributed by atoms with Crippen LogP contribution in [0.5, 0.6) is 5.75 Å². The van der Waals surface area contributed by atoms with E-state index in [0.717, 1.165) is 38.2 Å². The van der Waals surface area contributed by atoms with Crippen molar-refractivity contribution in [1.29, 1.82) is 0 Å². The molecule has 2 aliphatic rings. The first-order valence-electron chi connectivity index (χ1n) is 11.4. The molecular weight excluding hydrogens is 496 g/mol. The lowest BCUT2D eigenvalue weighted by atomic mass is 10.0. The topological polar surface area (TPSA) is 103 Å². The molecule has 10 nitrogen and oxygen atoms in total. The van der Waals surface area contributed by atoms with Gasteiger partial charge in [0.05, 0.1) is 48.4 Å². The third-order valence-electron chi connectivity index (χ3n) is 6.65. The molecule has 1 N–H and O–H groups in total. The molecule has 1 unspecified atom stereocenters. The van der Waals surface area contributed by atoms with Gasteiger partial charge >= 0.3 is 0 Å². The van der Waals surface area contributed by atoms with Gasteiger partial charge in [-0.3, -0.25) is 9.88 Å². The molecule has 2 aliphatic heterocycles. The zero-order chi connectivity index (χ0) is 25.0. The van der Waals surface area contributed by atoms with Crippen LogP contribution in [0.4, 0.5) is 8.78 Å². The smallest absolute Gasteiger partial charge is 0.150 e. The highest BCUT2D eigenvalue weighted by atomic mass is 35.5. The molecule has 4 aromatic heterocycles. The summed E-state index contributed by atoms with van der Waals surface area (Å²) in [5, 5.41) is 23.8. The molecule has 13 heteroatoms. The molecule has 0 aromatic carbocycles. The lowest BCUT2D eigenvalue weighted by Crippen LogP contribution is -2.59. The van der Waals surface area contributed by atoms with Crippen LogP contribution in [0.25, 0.3) is 16.8 Å². The van der Waals surface area contributed by atoms with Gasteiger partial charge in [-0.05, 0) is 13.0 Å². The van der Waals surface area contributed by atoms with E-state index in [4.69, 9.17) is 21.1 Å². The predicted molar refractivity (Wildman–Crippen MR) is 124 cm³/mol. The van der Waals surface area contributed by atoms with Gasteiger partial charge in [0.25, 0.3) is 0 Å². The number of halogens is 3. The highest BCUT2D eigenvalue weighted by Gasteiger charge is 2.38. The highest BCUT2D eigenvalue weighted by molar-refractivity contribution is 6.34. The van der Waals surface area contributed by atoms with Crippen LogP contribution in [0.3, 0.4) is 0 Å². The lowest BCUT2D eigenvalue weighted by Gasteiger charge is -2.47. The van der Waals surface area contributed by atoms with Crippen LogP contribution in [-0.4, -0.2) is 78.6 Å². The summed E-state index contributed by atoms with van der Waals surface area (Å²) < 4.78 is 41.8. The van der Waals surface area contributed by atoms with Crippen LogP contribution in [0.15, 0.2) is 30.7 Å². The van der Waals surface area contributed by atoms with E-state index in [2.05, 4.69) is 25.3 Å². The quantitative estimate of drug-likeness (QED) is 0.399. The zero-order valence-electron chi connectivity index (χ0n) is 19.2. The molecule has 6 heterocycles. The summed E-state index contributed by atoms with van der Waals surface area (Å²) in [6, 6.07) is 3.11. The van der Waals surface area contributed by atoms with Crippen LogP contribution in [-0.2, 0) is 4.74 Å². The van der Waals surface area contributed by atoms with Gasteiger partial charge < -0.3 is 14.6 Å². The predicted octanol–water partition coefficient (Wildman–Crippen LogP) is 2.60. The molecule has 0 spiro atoms. The summed E-state index contributed by atoms with van der Waals surface area (Å²) >= 11 is 6.32. The average Bonchev–Trinajstić information content (AvgIpc) is 3.35. The van der Waals surface area contributed by atoms with Crippen molar-refractivity contribution in [1.82, 2.24) is 34.5 Å².